The van der Waals surface area contributed by atoms with Gasteiger partial charge in [0.2, 0.25) is 22.8 Å². The lowest BCUT2D eigenvalue weighted by molar-refractivity contribution is 0.277. The summed E-state index contributed by atoms with van der Waals surface area (Å²) >= 11 is 0. The van der Waals surface area contributed by atoms with Gasteiger partial charge in [0.15, 0.2) is 17.3 Å². The molecular weight excluding hydrogens is 592 g/mol. The SMILES string of the molecule is COc1cc(OC)c2c(=O)c(OCCCCCCOc3nc4ccccc4nc3C)c(-c3cc(OC)c(OC)c(OC)c3)oc2c1. The lowest BCUT2D eigenvalue weighted by Crippen LogP contribution is -2.12. The number of unbranched alkanes of at least 4 members (excludes halogenated alkanes) is 3. The van der Waals surface area contributed by atoms with Gasteiger partial charge < -0.3 is 37.6 Å². The number of rotatable bonds is 15. The molecule has 3 aromatic carbocycles. The zero-order valence-electron chi connectivity index (χ0n) is 26.9. The highest BCUT2D eigenvalue weighted by atomic mass is 16.5. The van der Waals surface area contributed by atoms with Crippen molar-refractivity contribution in [2.45, 2.75) is 32.6 Å². The van der Waals surface area contributed by atoms with Crippen LogP contribution in [-0.2, 0) is 0 Å². The van der Waals surface area contributed by atoms with E-state index in [4.69, 9.17) is 37.6 Å². The van der Waals surface area contributed by atoms with Crippen molar-refractivity contribution in [3.05, 3.63) is 64.4 Å². The standard InChI is InChI=1S/C35H38N2O9/c1-21-35(37-25-14-10-9-13-24(25)36-21)45-16-12-8-7-11-15-44-34-31(38)30-26(40-3)19-23(39-2)20-27(30)46-32(34)22-17-28(41-4)33(43-6)29(18-22)42-5/h9-10,13-14,17-20H,7-8,11-12,15-16H2,1-6H3. The van der Waals surface area contributed by atoms with Crippen LogP contribution in [0, 0.1) is 6.92 Å². The Bertz CT molecular complexity index is 1860. The normalized spacial score (nSPS) is 11.0. The number of aryl methyl sites for hydroxylation is 1. The van der Waals surface area contributed by atoms with Gasteiger partial charge in [-0.3, -0.25) is 4.79 Å². The molecule has 5 aromatic rings. The molecule has 0 saturated carbocycles. The molecule has 0 aliphatic carbocycles. The van der Waals surface area contributed by atoms with Gasteiger partial charge in [-0.05, 0) is 56.9 Å². The Morgan fingerprint density at radius 2 is 1.30 bits per heavy atom. The Labute approximate surface area is 266 Å². The molecule has 46 heavy (non-hydrogen) atoms. The molecule has 11 nitrogen and oxygen atoms in total. The third-order valence-electron chi connectivity index (χ3n) is 7.50. The maximum Gasteiger partial charge on any atom is 0.239 e. The quantitative estimate of drug-likeness (QED) is 0.114. The van der Waals surface area contributed by atoms with Gasteiger partial charge in [-0.2, -0.15) is 0 Å². The second-order valence-electron chi connectivity index (χ2n) is 10.4. The van der Waals surface area contributed by atoms with Gasteiger partial charge in [0.1, 0.15) is 28.2 Å². The van der Waals surface area contributed by atoms with E-state index in [1.54, 1.807) is 24.3 Å². The zero-order valence-corrected chi connectivity index (χ0v) is 26.9. The maximum atomic E-state index is 14.0. The highest BCUT2D eigenvalue weighted by Crippen LogP contribution is 2.44. The van der Waals surface area contributed by atoms with E-state index in [0.717, 1.165) is 36.0 Å². The van der Waals surface area contributed by atoms with Crippen LogP contribution in [0.2, 0.25) is 0 Å². The van der Waals surface area contributed by atoms with Crippen LogP contribution in [0.5, 0.6) is 40.4 Å². The van der Waals surface area contributed by atoms with Crippen LogP contribution in [0.1, 0.15) is 31.4 Å². The first-order valence-electron chi connectivity index (χ1n) is 14.9. The molecule has 0 saturated heterocycles. The molecule has 2 aromatic heterocycles. The molecule has 0 aliphatic heterocycles. The lowest BCUT2D eigenvalue weighted by Gasteiger charge is -2.17. The number of ether oxygens (including phenoxy) is 7. The Morgan fingerprint density at radius 3 is 1.91 bits per heavy atom. The van der Waals surface area contributed by atoms with Gasteiger partial charge in [-0.25, -0.2) is 9.97 Å². The Hall–Kier alpha value is -5.19. The van der Waals surface area contributed by atoms with E-state index in [2.05, 4.69) is 9.97 Å². The second-order valence-corrected chi connectivity index (χ2v) is 10.4. The highest BCUT2D eigenvalue weighted by Gasteiger charge is 2.24. The molecule has 11 heteroatoms. The molecule has 0 amide bonds. The van der Waals surface area contributed by atoms with Crippen LogP contribution in [-0.4, -0.2) is 58.7 Å². The number of fused-ring (bicyclic) bond motifs is 2. The molecule has 0 bridgehead atoms. The number of hydrogen-bond donors (Lipinski definition) is 0. The van der Waals surface area contributed by atoms with Crippen LogP contribution in [0.3, 0.4) is 0 Å². The summed E-state index contributed by atoms with van der Waals surface area (Å²) < 4.78 is 45.9. The van der Waals surface area contributed by atoms with Gasteiger partial charge >= 0.3 is 0 Å². The highest BCUT2D eigenvalue weighted by molar-refractivity contribution is 5.89. The van der Waals surface area contributed by atoms with E-state index in [0.29, 0.717) is 59.8 Å². The number of benzene rings is 3. The van der Waals surface area contributed by atoms with Crippen molar-refractivity contribution in [1.29, 1.82) is 0 Å². The van der Waals surface area contributed by atoms with Gasteiger partial charge in [0.05, 0.1) is 59.8 Å². The van der Waals surface area contributed by atoms with E-state index in [9.17, 15) is 4.79 Å². The van der Waals surface area contributed by atoms with E-state index < -0.39 is 0 Å². The van der Waals surface area contributed by atoms with Gasteiger partial charge in [0.25, 0.3) is 0 Å². The number of hydrogen-bond acceptors (Lipinski definition) is 11. The summed E-state index contributed by atoms with van der Waals surface area (Å²) in [5.41, 5.74) is 2.84. The third-order valence-corrected chi connectivity index (χ3v) is 7.50. The minimum Gasteiger partial charge on any atom is -0.496 e. The van der Waals surface area contributed by atoms with Crippen LogP contribution in [0.25, 0.3) is 33.3 Å². The van der Waals surface area contributed by atoms with Crippen molar-refractivity contribution < 1.29 is 37.6 Å². The topological polar surface area (TPSA) is 121 Å². The van der Waals surface area contributed by atoms with E-state index in [1.807, 2.05) is 31.2 Å². The van der Waals surface area contributed by atoms with Crippen molar-refractivity contribution in [3.63, 3.8) is 0 Å². The smallest absolute Gasteiger partial charge is 0.239 e. The molecule has 5 rings (SSSR count). The van der Waals surface area contributed by atoms with Crippen LogP contribution >= 0.6 is 0 Å². The summed E-state index contributed by atoms with van der Waals surface area (Å²) in [6, 6.07) is 14.4. The van der Waals surface area contributed by atoms with Gasteiger partial charge in [-0.1, -0.05) is 12.1 Å². The summed E-state index contributed by atoms with van der Waals surface area (Å²) in [7, 11) is 7.58. The van der Waals surface area contributed by atoms with E-state index in [1.165, 1.54) is 35.5 Å². The third kappa shape index (κ3) is 6.73. The average Bonchev–Trinajstić information content (AvgIpc) is 3.08. The molecule has 0 aliphatic rings. The molecule has 0 radical (unpaired) electrons. The Morgan fingerprint density at radius 1 is 0.674 bits per heavy atom. The van der Waals surface area contributed by atoms with E-state index in [-0.39, 0.29) is 27.9 Å². The second kappa shape index (κ2) is 14.7. The Balaban J connectivity index is 1.32. The number of aromatic nitrogens is 2. The van der Waals surface area contributed by atoms with Crippen LogP contribution in [0.4, 0.5) is 0 Å². The molecule has 0 unspecified atom stereocenters. The predicted octanol–water partition coefficient (Wildman–Crippen LogP) is 6.77. The molecule has 242 valence electrons. The first-order chi connectivity index (χ1) is 22.4. The van der Waals surface area contributed by atoms with Crippen molar-refractivity contribution in [1.82, 2.24) is 9.97 Å². The number of nitrogens with zero attached hydrogens (tertiary/aromatic N) is 2. The first kappa shape index (κ1) is 32.2. The van der Waals surface area contributed by atoms with Crippen molar-refractivity contribution >= 4 is 22.0 Å². The maximum absolute atomic E-state index is 14.0. The Kier molecular flexibility index (Phi) is 10.3. The summed E-state index contributed by atoms with van der Waals surface area (Å²) in [4.78, 5) is 23.1. The molecule has 0 N–H and O–H groups in total. The summed E-state index contributed by atoms with van der Waals surface area (Å²) in [6.45, 7) is 2.72. The number of para-hydroxylation sites is 2. The first-order valence-corrected chi connectivity index (χ1v) is 14.9. The predicted molar refractivity (Wildman–Crippen MR) is 174 cm³/mol. The molecule has 0 spiro atoms. The fourth-order valence-corrected chi connectivity index (χ4v) is 5.16. The fraction of sp³-hybridized carbons (Fsp3) is 0.343. The van der Waals surface area contributed by atoms with Crippen molar-refractivity contribution in [2.24, 2.45) is 0 Å². The molecule has 0 fully saturated rings. The van der Waals surface area contributed by atoms with Crippen LogP contribution in [0.15, 0.2) is 57.7 Å². The van der Waals surface area contributed by atoms with Crippen molar-refractivity contribution in [3.8, 4) is 51.7 Å². The zero-order chi connectivity index (χ0) is 32.6. The van der Waals surface area contributed by atoms with Crippen LogP contribution < -0.4 is 38.6 Å². The number of methoxy groups -OCH3 is 5. The summed E-state index contributed by atoms with van der Waals surface area (Å²) in [5, 5.41) is 0.249. The molecule has 0 atom stereocenters. The van der Waals surface area contributed by atoms with Gasteiger partial charge in [0, 0.05) is 17.7 Å². The van der Waals surface area contributed by atoms with Crippen molar-refractivity contribution in [2.75, 3.05) is 48.8 Å². The minimum absolute atomic E-state index is 0.0546. The minimum atomic E-state index is -0.371. The fourth-order valence-electron chi connectivity index (χ4n) is 5.16. The summed E-state index contributed by atoms with van der Waals surface area (Å²) in [6.07, 6.45) is 3.32. The summed E-state index contributed by atoms with van der Waals surface area (Å²) in [5.74, 6) is 2.83. The molecular formula is C35H38N2O9. The average molecular weight is 631 g/mol. The lowest BCUT2D eigenvalue weighted by atomic mass is 10.1. The monoisotopic (exact) mass is 630 g/mol. The van der Waals surface area contributed by atoms with Gasteiger partial charge in [-0.15, -0.1) is 0 Å². The largest absolute Gasteiger partial charge is 0.496 e. The molecule has 2 heterocycles. The van der Waals surface area contributed by atoms with E-state index >= 15 is 0 Å².